The van der Waals surface area contributed by atoms with Crippen molar-refractivity contribution in [1.29, 1.82) is 0 Å². The Hall–Kier alpha value is -2.04. The zero-order valence-corrected chi connectivity index (χ0v) is 12.6. The van der Waals surface area contributed by atoms with Gasteiger partial charge in [0.1, 0.15) is 10.7 Å². The highest BCUT2D eigenvalue weighted by atomic mass is 32.1. The van der Waals surface area contributed by atoms with Gasteiger partial charge in [-0.15, -0.1) is 5.10 Å². The van der Waals surface area contributed by atoms with Crippen molar-refractivity contribution in [2.45, 2.75) is 6.54 Å². The third-order valence-corrected chi connectivity index (χ3v) is 3.61. The molecule has 0 fully saturated rings. The van der Waals surface area contributed by atoms with Crippen LogP contribution in [0.1, 0.15) is 5.69 Å². The molecule has 0 aliphatic heterocycles. The van der Waals surface area contributed by atoms with Gasteiger partial charge in [-0.2, -0.15) is 5.10 Å². The Morgan fingerprint density at radius 2 is 2.38 bits per heavy atom. The molecular weight excluding hydrogens is 294 g/mol. The molecule has 9 nitrogen and oxygen atoms in total. The second kappa shape index (κ2) is 7.11. The van der Waals surface area contributed by atoms with E-state index in [1.165, 1.54) is 10.7 Å². The molecular formula is C11H17N7O2S. The maximum Gasteiger partial charge on any atom is 0.269 e. The summed E-state index contributed by atoms with van der Waals surface area (Å²) in [6.45, 7) is 1.48. The Bertz CT molecular complexity index is 641. The van der Waals surface area contributed by atoms with Gasteiger partial charge in [0.15, 0.2) is 0 Å². The molecule has 0 radical (unpaired) electrons. The minimum atomic E-state index is -0.215. The summed E-state index contributed by atoms with van der Waals surface area (Å²) in [6, 6.07) is 1.53. The van der Waals surface area contributed by atoms with E-state index in [9.17, 15) is 4.79 Å². The summed E-state index contributed by atoms with van der Waals surface area (Å²) in [7, 11) is 3.51. The molecule has 2 aromatic rings. The number of nitrogen functional groups attached to an aromatic ring is 1. The van der Waals surface area contributed by atoms with Crippen molar-refractivity contribution in [3.63, 3.8) is 0 Å². The zero-order valence-electron chi connectivity index (χ0n) is 11.8. The van der Waals surface area contributed by atoms with Crippen molar-refractivity contribution in [2.24, 2.45) is 5.84 Å². The lowest BCUT2D eigenvalue weighted by molar-refractivity contribution is 0.206. The summed E-state index contributed by atoms with van der Waals surface area (Å²) in [4.78, 5) is 14.0. The third kappa shape index (κ3) is 3.74. The Balaban J connectivity index is 2.14. The molecule has 0 saturated heterocycles. The molecule has 2 aromatic heterocycles. The van der Waals surface area contributed by atoms with Gasteiger partial charge in [0.2, 0.25) is 0 Å². The number of methoxy groups -OCH3 is 1. The largest absolute Gasteiger partial charge is 0.383 e. The maximum absolute atomic E-state index is 12.1. The Kier molecular flexibility index (Phi) is 5.20. The number of ether oxygens (including phenoxy) is 1. The normalized spacial score (nSPS) is 10.6. The van der Waals surface area contributed by atoms with E-state index >= 15 is 0 Å². The molecule has 0 spiro atoms. The van der Waals surface area contributed by atoms with Crippen molar-refractivity contribution < 1.29 is 4.74 Å². The number of hydrazine groups is 1. The molecule has 114 valence electrons. The molecule has 21 heavy (non-hydrogen) atoms. The molecule has 0 aromatic carbocycles. The smallest absolute Gasteiger partial charge is 0.269 e. The lowest BCUT2D eigenvalue weighted by Crippen LogP contribution is -2.28. The minimum Gasteiger partial charge on any atom is -0.383 e. The predicted octanol–water partition coefficient (Wildman–Crippen LogP) is -0.489. The number of likely N-dealkylation sites (N-methyl/N-ethyl adjacent to an activating group) is 1. The number of nitrogens with two attached hydrogens (primary N) is 1. The molecule has 10 heteroatoms. The number of anilines is 2. The summed E-state index contributed by atoms with van der Waals surface area (Å²) < 4.78 is 10.1. The van der Waals surface area contributed by atoms with Gasteiger partial charge in [0.05, 0.1) is 25.0 Å². The lowest BCUT2D eigenvalue weighted by Gasteiger charge is -2.18. The van der Waals surface area contributed by atoms with E-state index in [-0.39, 0.29) is 12.1 Å². The van der Waals surface area contributed by atoms with Gasteiger partial charge >= 0.3 is 0 Å². The zero-order chi connectivity index (χ0) is 15.2. The standard InChI is InChI=1S/C11H17N7O2S/c1-17(3-4-20-2)8-5-10(19)18(13-6-8)7-9-11(14-12)21-16-15-9/h5-6,14H,3-4,7,12H2,1-2H3. The number of aromatic nitrogens is 4. The second-order valence-corrected chi connectivity index (χ2v) is 5.07. The molecule has 0 aliphatic rings. The van der Waals surface area contributed by atoms with Gasteiger partial charge in [-0.3, -0.25) is 4.79 Å². The highest BCUT2D eigenvalue weighted by molar-refractivity contribution is 7.10. The van der Waals surface area contributed by atoms with Crippen LogP contribution in [0.2, 0.25) is 0 Å². The van der Waals surface area contributed by atoms with Crippen molar-refractivity contribution in [3.05, 3.63) is 28.3 Å². The Morgan fingerprint density at radius 1 is 1.57 bits per heavy atom. The van der Waals surface area contributed by atoms with Crippen molar-refractivity contribution >= 4 is 22.2 Å². The third-order valence-electron chi connectivity index (χ3n) is 2.91. The molecule has 2 heterocycles. The van der Waals surface area contributed by atoms with Crippen LogP contribution in [0.15, 0.2) is 17.1 Å². The van der Waals surface area contributed by atoms with Crippen LogP contribution >= 0.6 is 11.5 Å². The first-order chi connectivity index (χ1) is 10.2. The van der Waals surface area contributed by atoms with Crippen LogP contribution in [0.4, 0.5) is 10.7 Å². The molecule has 3 N–H and O–H groups in total. The first kappa shape index (κ1) is 15.4. The summed E-state index contributed by atoms with van der Waals surface area (Å²) in [5.74, 6) is 5.35. The monoisotopic (exact) mass is 311 g/mol. The van der Waals surface area contributed by atoms with Gasteiger partial charge in [-0.25, -0.2) is 10.5 Å². The van der Waals surface area contributed by atoms with Crippen LogP contribution < -0.4 is 21.7 Å². The fourth-order valence-electron chi connectivity index (χ4n) is 1.67. The lowest BCUT2D eigenvalue weighted by atomic mass is 10.4. The van der Waals surface area contributed by atoms with E-state index in [1.807, 2.05) is 11.9 Å². The van der Waals surface area contributed by atoms with E-state index in [4.69, 9.17) is 10.6 Å². The van der Waals surface area contributed by atoms with Gasteiger partial charge in [0.25, 0.3) is 5.56 Å². The SMILES string of the molecule is COCCN(C)c1cnn(Cc2nnsc2NN)c(=O)c1. The predicted molar refractivity (Wildman–Crippen MR) is 80.5 cm³/mol. The van der Waals surface area contributed by atoms with Crippen molar-refractivity contribution in [1.82, 2.24) is 19.4 Å². The summed E-state index contributed by atoms with van der Waals surface area (Å²) >= 11 is 1.13. The number of rotatable bonds is 7. The fraction of sp³-hybridized carbons (Fsp3) is 0.455. The summed E-state index contributed by atoms with van der Waals surface area (Å²) in [5.41, 5.74) is 3.60. The van der Waals surface area contributed by atoms with Crippen molar-refractivity contribution in [3.8, 4) is 0 Å². The van der Waals surface area contributed by atoms with E-state index in [1.54, 1.807) is 13.3 Å². The van der Waals surface area contributed by atoms with Gasteiger partial charge in [-0.05, 0) is 0 Å². The molecule has 0 saturated carbocycles. The fourth-order valence-corrected chi connectivity index (χ4v) is 2.16. The molecule has 2 rings (SSSR count). The van der Waals surface area contributed by atoms with Crippen LogP contribution in [0.3, 0.4) is 0 Å². The maximum atomic E-state index is 12.1. The Morgan fingerprint density at radius 3 is 3.05 bits per heavy atom. The second-order valence-electron chi connectivity index (χ2n) is 4.32. The molecule has 0 amide bonds. The van der Waals surface area contributed by atoms with Crippen molar-refractivity contribution in [2.75, 3.05) is 37.6 Å². The van der Waals surface area contributed by atoms with Crippen LogP contribution in [0.5, 0.6) is 0 Å². The average Bonchev–Trinajstić information content (AvgIpc) is 2.94. The molecule has 0 atom stereocenters. The van der Waals surface area contributed by atoms with Crippen LogP contribution in [0.25, 0.3) is 0 Å². The number of nitrogens with zero attached hydrogens (tertiary/aromatic N) is 5. The minimum absolute atomic E-state index is 0.215. The van der Waals surface area contributed by atoms with Crippen LogP contribution in [-0.4, -0.2) is 46.7 Å². The van der Waals surface area contributed by atoms with Gasteiger partial charge < -0.3 is 15.1 Å². The van der Waals surface area contributed by atoms with Crippen LogP contribution in [-0.2, 0) is 11.3 Å². The van der Waals surface area contributed by atoms with E-state index in [2.05, 4.69) is 20.1 Å². The summed E-state index contributed by atoms with van der Waals surface area (Å²) in [5, 5.41) is 8.68. The van der Waals surface area contributed by atoms with E-state index < -0.39 is 0 Å². The summed E-state index contributed by atoms with van der Waals surface area (Å²) in [6.07, 6.45) is 1.63. The molecule has 0 unspecified atom stereocenters. The molecule has 0 aliphatic carbocycles. The average molecular weight is 311 g/mol. The van der Waals surface area contributed by atoms with E-state index in [0.29, 0.717) is 23.8 Å². The quantitative estimate of drug-likeness (QED) is 0.520. The van der Waals surface area contributed by atoms with Crippen LogP contribution in [0, 0.1) is 0 Å². The number of nitrogens with one attached hydrogen (secondary N) is 1. The Labute approximate surface area is 125 Å². The number of hydrogen-bond acceptors (Lipinski definition) is 9. The topological polar surface area (TPSA) is 111 Å². The van der Waals surface area contributed by atoms with Gasteiger partial charge in [-0.1, -0.05) is 4.49 Å². The molecule has 0 bridgehead atoms. The first-order valence-electron chi connectivity index (χ1n) is 6.20. The number of hydrogen-bond donors (Lipinski definition) is 2. The highest BCUT2D eigenvalue weighted by Crippen LogP contribution is 2.16. The van der Waals surface area contributed by atoms with E-state index in [0.717, 1.165) is 17.2 Å². The van der Waals surface area contributed by atoms with Gasteiger partial charge in [0, 0.05) is 38.3 Å². The first-order valence-corrected chi connectivity index (χ1v) is 6.98. The highest BCUT2D eigenvalue weighted by Gasteiger charge is 2.10.